The van der Waals surface area contributed by atoms with Crippen LogP contribution in [-0.2, 0) is 16.1 Å². The van der Waals surface area contributed by atoms with Crippen molar-refractivity contribution in [1.29, 1.82) is 0 Å². The van der Waals surface area contributed by atoms with Crippen molar-refractivity contribution in [3.8, 4) is 11.5 Å². The highest BCUT2D eigenvalue weighted by Gasteiger charge is 2.13. The van der Waals surface area contributed by atoms with Gasteiger partial charge < -0.3 is 19.7 Å². The quantitative estimate of drug-likeness (QED) is 0.732. The Balaban J connectivity index is 1.79. The highest BCUT2D eigenvalue weighted by atomic mass is 19.1. The number of methoxy groups -OCH3 is 1. The zero-order valence-electron chi connectivity index (χ0n) is 15.4. The Kier molecular flexibility index (Phi) is 7.61. The largest absolute Gasteiger partial charge is 0.493 e. The first-order chi connectivity index (χ1) is 13.0. The molecule has 2 aromatic carbocycles. The molecule has 0 heterocycles. The number of benzene rings is 2. The Bertz CT molecular complexity index is 782. The minimum absolute atomic E-state index is 0.148. The lowest BCUT2D eigenvalue weighted by molar-refractivity contribution is -0.130. The van der Waals surface area contributed by atoms with Gasteiger partial charge in [-0.25, -0.2) is 4.39 Å². The highest BCUT2D eigenvalue weighted by molar-refractivity contribution is 5.77. The average Bonchev–Trinajstić information content (AvgIpc) is 2.67. The first-order valence-corrected chi connectivity index (χ1v) is 8.52. The van der Waals surface area contributed by atoms with Crippen molar-refractivity contribution in [2.24, 2.45) is 0 Å². The standard InChI is InChI=1S/C20H23FN2O4/c1-15(24)23(13-16-7-3-4-8-17(16)21)12-11-22-20(25)14-27-19-10-6-5-9-18(19)26-2/h3-10H,11-14H2,1-2H3,(H,22,25). The summed E-state index contributed by atoms with van der Waals surface area (Å²) < 4.78 is 24.3. The van der Waals surface area contributed by atoms with E-state index < -0.39 is 0 Å². The maximum atomic E-state index is 13.8. The summed E-state index contributed by atoms with van der Waals surface area (Å²) >= 11 is 0. The highest BCUT2D eigenvalue weighted by Crippen LogP contribution is 2.25. The monoisotopic (exact) mass is 374 g/mol. The van der Waals surface area contributed by atoms with E-state index in [-0.39, 0.29) is 43.9 Å². The second kappa shape index (κ2) is 10.2. The average molecular weight is 374 g/mol. The van der Waals surface area contributed by atoms with Crippen molar-refractivity contribution in [3.05, 3.63) is 59.9 Å². The van der Waals surface area contributed by atoms with E-state index in [2.05, 4.69) is 5.32 Å². The summed E-state index contributed by atoms with van der Waals surface area (Å²) in [5.41, 5.74) is 0.429. The molecular weight excluding hydrogens is 351 g/mol. The number of carbonyl (C=O) groups is 2. The van der Waals surface area contributed by atoms with E-state index in [9.17, 15) is 14.0 Å². The van der Waals surface area contributed by atoms with Crippen LogP contribution in [0, 0.1) is 5.82 Å². The second-order valence-corrected chi connectivity index (χ2v) is 5.82. The predicted molar refractivity (Wildman–Crippen MR) is 99.0 cm³/mol. The zero-order chi connectivity index (χ0) is 19.6. The molecule has 0 radical (unpaired) electrons. The van der Waals surface area contributed by atoms with Crippen LogP contribution in [0.15, 0.2) is 48.5 Å². The van der Waals surface area contributed by atoms with Crippen molar-refractivity contribution >= 4 is 11.8 Å². The molecular formula is C20H23FN2O4. The number of nitrogens with zero attached hydrogens (tertiary/aromatic N) is 1. The summed E-state index contributed by atoms with van der Waals surface area (Å²) in [7, 11) is 1.52. The van der Waals surface area contributed by atoms with Gasteiger partial charge in [-0.2, -0.15) is 0 Å². The third-order valence-electron chi connectivity index (χ3n) is 3.90. The van der Waals surface area contributed by atoms with Gasteiger partial charge in [0.2, 0.25) is 5.91 Å². The summed E-state index contributed by atoms with van der Waals surface area (Å²) in [5.74, 6) is 0.129. The van der Waals surface area contributed by atoms with Crippen LogP contribution in [0.25, 0.3) is 0 Å². The van der Waals surface area contributed by atoms with Crippen LogP contribution in [0.3, 0.4) is 0 Å². The van der Waals surface area contributed by atoms with Crippen molar-refractivity contribution < 1.29 is 23.5 Å². The molecule has 6 nitrogen and oxygen atoms in total. The summed E-state index contributed by atoms with van der Waals surface area (Å²) in [5, 5.41) is 2.68. The lowest BCUT2D eigenvalue weighted by Crippen LogP contribution is -2.38. The van der Waals surface area contributed by atoms with Crippen molar-refractivity contribution in [2.75, 3.05) is 26.8 Å². The molecule has 27 heavy (non-hydrogen) atoms. The van der Waals surface area contributed by atoms with Crippen LogP contribution in [-0.4, -0.2) is 43.5 Å². The molecule has 2 amide bonds. The van der Waals surface area contributed by atoms with Gasteiger partial charge in [-0.1, -0.05) is 30.3 Å². The summed E-state index contributed by atoms with van der Waals surface area (Å²) in [6, 6.07) is 13.3. The molecule has 1 N–H and O–H groups in total. The SMILES string of the molecule is COc1ccccc1OCC(=O)NCCN(Cc1ccccc1F)C(C)=O. The van der Waals surface area contributed by atoms with Crippen molar-refractivity contribution in [3.63, 3.8) is 0 Å². The molecule has 0 spiro atoms. The van der Waals surface area contributed by atoms with Gasteiger partial charge in [0.25, 0.3) is 5.91 Å². The molecule has 7 heteroatoms. The van der Waals surface area contributed by atoms with E-state index in [1.807, 2.05) is 0 Å². The normalized spacial score (nSPS) is 10.2. The molecule has 0 atom stereocenters. The number of nitrogens with one attached hydrogen (secondary N) is 1. The minimum atomic E-state index is -0.363. The van der Waals surface area contributed by atoms with Crippen LogP contribution in [0.2, 0.25) is 0 Å². The fraction of sp³-hybridized carbons (Fsp3) is 0.300. The van der Waals surface area contributed by atoms with Crippen molar-refractivity contribution in [1.82, 2.24) is 10.2 Å². The Morgan fingerprint density at radius 2 is 1.74 bits per heavy atom. The van der Waals surface area contributed by atoms with E-state index in [1.54, 1.807) is 42.5 Å². The first kappa shape index (κ1) is 20.2. The summed E-state index contributed by atoms with van der Waals surface area (Å²) in [4.78, 5) is 25.2. The molecule has 144 valence electrons. The molecule has 0 unspecified atom stereocenters. The van der Waals surface area contributed by atoms with E-state index in [4.69, 9.17) is 9.47 Å². The summed E-state index contributed by atoms with van der Waals surface area (Å²) in [6.07, 6.45) is 0. The third kappa shape index (κ3) is 6.29. The van der Waals surface area contributed by atoms with E-state index in [1.165, 1.54) is 25.0 Å². The molecule has 0 saturated heterocycles. The molecule has 0 aliphatic rings. The second-order valence-electron chi connectivity index (χ2n) is 5.82. The van der Waals surface area contributed by atoms with Gasteiger partial charge in [-0.15, -0.1) is 0 Å². The number of ether oxygens (including phenoxy) is 2. The summed E-state index contributed by atoms with van der Waals surface area (Å²) in [6.45, 7) is 1.89. The maximum Gasteiger partial charge on any atom is 0.258 e. The van der Waals surface area contributed by atoms with Gasteiger partial charge in [0.15, 0.2) is 18.1 Å². The van der Waals surface area contributed by atoms with E-state index in [0.717, 1.165) is 0 Å². The zero-order valence-corrected chi connectivity index (χ0v) is 15.4. The van der Waals surface area contributed by atoms with Crippen LogP contribution in [0.4, 0.5) is 4.39 Å². The number of para-hydroxylation sites is 2. The van der Waals surface area contributed by atoms with Crippen molar-refractivity contribution in [2.45, 2.75) is 13.5 Å². The molecule has 2 rings (SSSR count). The van der Waals surface area contributed by atoms with Crippen LogP contribution in [0.1, 0.15) is 12.5 Å². The molecule has 0 saturated carbocycles. The molecule has 0 aromatic heterocycles. The number of hydrogen-bond donors (Lipinski definition) is 1. The third-order valence-corrected chi connectivity index (χ3v) is 3.90. The number of rotatable bonds is 9. The first-order valence-electron chi connectivity index (χ1n) is 8.52. The van der Waals surface area contributed by atoms with Gasteiger partial charge in [0, 0.05) is 32.1 Å². The van der Waals surface area contributed by atoms with E-state index >= 15 is 0 Å². The van der Waals surface area contributed by atoms with Crippen LogP contribution < -0.4 is 14.8 Å². The Morgan fingerprint density at radius 1 is 1.07 bits per heavy atom. The number of carbonyl (C=O) groups excluding carboxylic acids is 2. The fourth-order valence-corrected chi connectivity index (χ4v) is 2.44. The molecule has 0 aliphatic carbocycles. The molecule has 0 bridgehead atoms. The Morgan fingerprint density at radius 3 is 2.41 bits per heavy atom. The number of hydrogen-bond acceptors (Lipinski definition) is 4. The predicted octanol–water partition coefficient (Wildman–Crippen LogP) is 2.38. The topological polar surface area (TPSA) is 67.9 Å². The lowest BCUT2D eigenvalue weighted by Gasteiger charge is -2.21. The minimum Gasteiger partial charge on any atom is -0.493 e. The van der Waals surface area contributed by atoms with Gasteiger partial charge >= 0.3 is 0 Å². The Hall–Kier alpha value is -3.09. The molecule has 0 aliphatic heterocycles. The van der Waals surface area contributed by atoms with Gasteiger partial charge in [0.1, 0.15) is 5.82 Å². The smallest absolute Gasteiger partial charge is 0.258 e. The van der Waals surface area contributed by atoms with E-state index in [0.29, 0.717) is 17.1 Å². The van der Waals surface area contributed by atoms with Crippen LogP contribution in [0.5, 0.6) is 11.5 Å². The number of amides is 2. The van der Waals surface area contributed by atoms with Gasteiger partial charge in [0.05, 0.1) is 7.11 Å². The van der Waals surface area contributed by atoms with Crippen LogP contribution >= 0.6 is 0 Å². The van der Waals surface area contributed by atoms with Gasteiger partial charge in [-0.3, -0.25) is 9.59 Å². The Labute approximate surface area is 157 Å². The lowest BCUT2D eigenvalue weighted by atomic mass is 10.2. The maximum absolute atomic E-state index is 13.8. The number of halogens is 1. The fourth-order valence-electron chi connectivity index (χ4n) is 2.44. The molecule has 0 fully saturated rings. The van der Waals surface area contributed by atoms with Gasteiger partial charge in [-0.05, 0) is 18.2 Å². The molecule has 2 aromatic rings.